The van der Waals surface area contributed by atoms with Crippen LogP contribution in [0.15, 0.2) is 97.1 Å². The summed E-state index contributed by atoms with van der Waals surface area (Å²) in [5.41, 5.74) is 3.87. The maximum atomic E-state index is 15.1. The number of ether oxygens (including phenoxy) is 2. The summed E-state index contributed by atoms with van der Waals surface area (Å²) in [6.07, 6.45) is 1.74. The maximum Gasteiger partial charge on any atom is 0.147 e. The molecule has 0 heterocycles. The van der Waals surface area contributed by atoms with Crippen LogP contribution >= 0.6 is 23.2 Å². The molecule has 3 aliphatic carbocycles. The Bertz CT molecular complexity index is 1440. The molecule has 3 saturated carbocycles. The van der Waals surface area contributed by atoms with Crippen LogP contribution in [-0.2, 0) is 4.79 Å². The molecule has 6 atom stereocenters. The third kappa shape index (κ3) is 3.67. The minimum Gasteiger partial charge on any atom is -0.497 e. The van der Waals surface area contributed by atoms with Crippen LogP contribution in [0.1, 0.15) is 58.8 Å². The van der Waals surface area contributed by atoms with Crippen molar-refractivity contribution in [3.8, 4) is 11.5 Å². The summed E-state index contributed by atoms with van der Waals surface area (Å²) in [7, 11) is 3.36. The van der Waals surface area contributed by atoms with E-state index in [2.05, 4.69) is 48.5 Å². The lowest BCUT2D eigenvalue weighted by Gasteiger charge is -2.13. The molecular weight excluding hydrogens is 539 g/mol. The highest BCUT2D eigenvalue weighted by atomic mass is 35.5. The molecule has 2 spiro atoms. The molecule has 0 aliphatic heterocycles. The van der Waals surface area contributed by atoms with Gasteiger partial charge in [-0.1, -0.05) is 71.7 Å². The first-order valence-corrected chi connectivity index (χ1v) is 14.5. The summed E-state index contributed by atoms with van der Waals surface area (Å²) in [6, 6.07) is 32.7. The summed E-state index contributed by atoms with van der Waals surface area (Å²) in [4.78, 5) is 15.1. The van der Waals surface area contributed by atoms with Gasteiger partial charge in [-0.3, -0.25) is 4.79 Å². The number of Topliss-reactive ketones (excluding diaryl/α,β-unsaturated/α-hetero) is 1. The Morgan fingerprint density at radius 2 is 0.800 bits per heavy atom. The normalized spacial score (nSPS) is 30.1. The van der Waals surface area contributed by atoms with E-state index in [1.807, 2.05) is 48.5 Å². The number of carbonyl (C=O) groups is 1. The predicted molar refractivity (Wildman–Crippen MR) is 159 cm³/mol. The van der Waals surface area contributed by atoms with Gasteiger partial charge < -0.3 is 9.47 Å². The van der Waals surface area contributed by atoms with Gasteiger partial charge in [0.05, 0.1) is 14.2 Å². The van der Waals surface area contributed by atoms with Gasteiger partial charge in [-0.05, 0) is 83.6 Å². The van der Waals surface area contributed by atoms with Crippen LogP contribution < -0.4 is 9.47 Å². The summed E-state index contributed by atoms with van der Waals surface area (Å²) < 4.78 is 10.9. The minimum atomic E-state index is -0.436. The van der Waals surface area contributed by atoms with Crippen LogP contribution in [0.4, 0.5) is 0 Å². The fourth-order valence-corrected chi connectivity index (χ4v) is 8.31. The molecule has 5 heteroatoms. The molecule has 0 N–H and O–H groups in total. The summed E-state index contributed by atoms with van der Waals surface area (Å²) in [6.45, 7) is 0. The smallest absolute Gasteiger partial charge is 0.147 e. The second-order valence-electron chi connectivity index (χ2n) is 11.5. The molecule has 0 aromatic heterocycles. The third-order valence-electron chi connectivity index (χ3n) is 9.87. The van der Waals surface area contributed by atoms with Crippen molar-refractivity contribution in [1.29, 1.82) is 0 Å². The summed E-state index contributed by atoms with van der Waals surface area (Å²) >= 11 is 12.5. The molecule has 6 unspecified atom stereocenters. The number of benzene rings is 4. The Balaban J connectivity index is 1.32. The van der Waals surface area contributed by atoms with Crippen molar-refractivity contribution < 1.29 is 14.3 Å². The van der Waals surface area contributed by atoms with E-state index in [9.17, 15) is 0 Å². The van der Waals surface area contributed by atoms with Crippen LogP contribution in [0.25, 0.3) is 0 Å². The first kappa shape index (κ1) is 25.7. The van der Waals surface area contributed by atoms with E-state index in [-0.39, 0.29) is 23.7 Å². The van der Waals surface area contributed by atoms with Crippen LogP contribution in [0.3, 0.4) is 0 Å². The number of hydrogen-bond donors (Lipinski definition) is 0. The maximum absolute atomic E-state index is 15.1. The lowest BCUT2D eigenvalue weighted by Crippen LogP contribution is -2.21. The fraction of sp³-hybridized carbons (Fsp3) is 0.286. The number of rotatable bonds is 6. The first-order valence-electron chi connectivity index (χ1n) is 13.8. The molecule has 3 aliphatic rings. The van der Waals surface area contributed by atoms with Crippen molar-refractivity contribution in [3.05, 3.63) is 129 Å². The van der Waals surface area contributed by atoms with Gasteiger partial charge in [-0.15, -0.1) is 0 Å². The quantitative estimate of drug-likeness (QED) is 0.233. The van der Waals surface area contributed by atoms with Gasteiger partial charge in [-0.25, -0.2) is 0 Å². The van der Waals surface area contributed by atoms with E-state index < -0.39 is 10.8 Å². The van der Waals surface area contributed by atoms with Crippen LogP contribution in [0, 0.1) is 10.8 Å². The highest BCUT2D eigenvalue weighted by molar-refractivity contribution is 6.30. The molecule has 0 amide bonds. The molecule has 0 bridgehead atoms. The standard InChI is InChI=1S/C35H30Cl2O3/c1-39-27-15-7-23(8-16-27)31-29(21-3-11-25(36)12-4-21)34(31)19-20-35(33(34)38)30(22-5-13-26(37)14-6-22)32(35)24-9-17-28(40-2)18-10-24/h3-18,29-32H,19-20H2,1-2H3. The van der Waals surface area contributed by atoms with Gasteiger partial charge >= 0.3 is 0 Å². The van der Waals surface area contributed by atoms with E-state index in [0.29, 0.717) is 15.8 Å². The Hall–Kier alpha value is -3.27. The molecule has 3 fully saturated rings. The van der Waals surface area contributed by atoms with Gasteiger partial charge in [0.25, 0.3) is 0 Å². The highest BCUT2D eigenvalue weighted by Gasteiger charge is 2.83. The minimum absolute atomic E-state index is 0.119. The average molecular weight is 570 g/mol. The second-order valence-corrected chi connectivity index (χ2v) is 12.3. The summed E-state index contributed by atoms with van der Waals surface area (Å²) in [5, 5.41) is 1.41. The Morgan fingerprint density at radius 3 is 1.07 bits per heavy atom. The molecule has 4 aromatic carbocycles. The third-order valence-corrected chi connectivity index (χ3v) is 10.4. The Kier molecular flexibility index (Phi) is 6.03. The van der Waals surface area contributed by atoms with E-state index >= 15 is 4.79 Å². The van der Waals surface area contributed by atoms with E-state index in [0.717, 1.165) is 24.3 Å². The van der Waals surface area contributed by atoms with Crippen molar-refractivity contribution in [1.82, 2.24) is 0 Å². The lowest BCUT2D eigenvalue weighted by atomic mass is 9.88. The molecule has 40 heavy (non-hydrogen) atoms. The topological polar surface area (TPSA) is 35.5 Å². The number of halogens is 2. The van der Waals surface area contributed by atoms with Crippen molar-refractivity contribution in [2.75, 3.05) is 14.2 Å². The van der Waals surface area contributed by atoms with Crippen molar-refractivity contribution in [2.45, 2.75) is 36.5 Å². The zero-order valence-electron chi connectivity index (χ0n) is 22.4. The van der Waals surface area contributed by atoms with Gasteiger partial charge in [0.2, 0.25) is 0 Å². The largest absolute Gasteiger partial charge is 0.497 e. The summed E-state index contributed by atoms with van der Waals surface area (Å²) in [5.74, 6) is 2.52. The van der Waals surface area contributed by atoms with Gasteiger partial charge in [0.1, 0.15) is 17.3 Å². The molecule has 0 radical (unpaired) electrons. The van der Waals surface area contributed by atoms with Crippen molar-refractivity contribution in [2.24, 2.45) is 10.8 Å². The van der Waals surface area contributed by atoms with Crippen molar-refractivity contribution in [3.63, 3.8) is 0 Å². The monoisotopic (exact) mass is 568 g/mol. The first-order chi connectivity index (χ1) is 19.4. The molecular formula is C35H30Cl2O3. The highest BCUT2D eigenvalue weighted by Crippen LogP contribution is 2.86. The number of carbonyl (C=O) groups excluding carboxylic acids is 1. The average Bonchev–Trinajstić information content (AvgIpc) is 3.84. The molecule has 4 aromatic rings. The zero-order chi connectivity index (χ0) is 27.6. The molecule has 0 saturated heterocycles. The van der Waals surface area contributed by atoms with Gasteiger partial charge in [0.15, 0.2) is 0 Å². The van der Waals surface area contributed by atoms with E-state index in [1.54, 1.807) is 14.2 Å². The number of methoxy groups -OCH3 is 2. The SMILES string of the molecule is COc1ccc(C2C(c3ccc(Cl)cc3)C23CCC2(C3=O)C(c3ccc(Cl)cc3)C2c2ccc(OC)cc2)cc1. The Morgan fingerprint density at radius 1 is 0.525 bits per heavy atom. The van der Waals surface area contributed by atoms with E-state index in [1.165, 1.54) is 22.3 Å². The zero-order valence-corrected chi connectivity index (χ0v) is 24.0. The van der Waals surface area contributed by atoms with Gasteiger partial charge in [-0.2, -0.15) is 0 Å². The van der Waals surface area contributed by atoms with E-state index in [4.69, 9.17) is 32.7 Å². The predicted octanol–water partition coefficient (Wildman–Crippen LogP) is 8.81. The molecule has 202 valence electrons. The lowest BCUT2D eigenvalue weighted by molar-refractivity contribution is -0.126. The Labute approximate surface area is 245 Å². The molecule has 3 nitrogen and oxygen atoms in total. The van der Waals surface area contributed by atoms with Crippen molar-refractivity contribution >= 4 is 29.0 Å². The molecule has 7 rings (SSSR count). The number of ketones is 1. The van der Waals surface area contributed by atoms with Crippen LogP contribution in [-0.4, -0.2) is 20.0 Å². The fourth-order valence-electron chi connectivity index (χ4n) is 8.06. The number of hydrogen-bond acceptors (Lipinski definition) is 3. The van der Waals surface area contributed by atoms with Gasteiger partial charge in [0, 0.05) is 44.5 Å². The second kappa shape index (κ2) is 9.39. The van der Waals surface area contributed by atoms with Crippen LogP contribution in [0.2, 0.25) is 10.0 Å². The van der Waals surface area contributed by atoms with Crippen LogP contribution in [0.5, 0.6) is 11.5 Å².